The number of hydrogen-bond donors (Lipinski definition) is 2. The van der Waals surface area contributed by atoms with Gasteiger partial charge in [-0.15, -0.1) is 0 Å². The van der Waals surface area contributed by atoms with E-state index in [2.05, 4.69) is 5.32 Å². The van der Waals surface area contributed by atoms with Gasteiger partial charge in [0.25, 0.3) is 5.91 Å². The van der Waals surface area contributed by atoms with Crippen LogP contribution in [-0.2, 0) is 0 Å². The lowest BCUT2D eigenvalue weighted by atomic mass is 10.1. The molecule has 0 unspecified atom stereocenters. The first kappa shape index (κ1) is 13.9. The third-order valence-electron chi connectivity index (χ3n) is 2.88. The number of hydrogen-bond acceptors (Lipinski definition) is 3. The molecule has 2 aromatic carbocycles. The van der Waals surface area contributed by atoms with Crippen molar-refractivity contribution in [3.63, 3.8) is 0 Å². The van der Waals surface area contributed by atoms with E-state index >= 15 is 0 Å². The molecule has 1 amide bonds. The van der Waals surface area contributed by atoms with Gasteiger partial charge in [0.2, 0.25) is 0 Å². The van der Waals surface area contributed by atoms with E-state index in [1.165, 1.54) is 6.07 Å². The van der Waals surface area contributed by atoms with Gasteiger partial charge in [-0.1, -0.05) is 0 Å². The number of benzene rings is 2. The molecular weight excluding hydrogens is 254 g/mol. The van der Waals surface area contributed by atoms with Gasteiger partial charge < -0.3 is 15.2 Å². The molecule has 20 heavy (non-hydrogen) atoms. The van der Waals surface area contributed by atoms with Crippen LogP contribution in [0.5, 0.6) is 11.5 Å². The lowest BCUT2D eigenvalue weighted by molar-refractivity contribution is 0.102. The molecule has 0 aromatic heterocycles. The molecule has 4 nitrogen and oxygen atoms in total. The Morgan fingerprint density at radius 1 is 1.20 bits per heavy atom. The Balaban J connectivity index is 2.08. The molecule has 0 radical (unpaired) electrons. The summed E-state index contributed by atoms with van der Waals surface area (Å²) in [6.45, 7) is 4.28. The number of phenols is 1. The summed E-state index contributed by atoms with van der Waals surface area (Å²) in [4.78, 5) is 12.1. The summed E-state index contributed by atoms with van der Waals surface area (Å²) in [7, 11) is 0. The van der Waals surface area contributed by atoms with Gasteiger partial charge in [-0.3, -0.25) is 4.79 Å². The molecule has 0 aliphatic heterocycles. The largest absolute Gasteiger partial charge is 0.508 e. The van der Waals surface area contributed by atoms with E-state index < -0.39 is 0 Å². The number of phenolic OH excluding ortho intramolecular Hbond substituents is 1. The maximum absolute atomic E-state index is 12.1. The second-order valence-corrected chi connectivity index (χ2v) is 4.41. The normalized spacial score (nSPS) is 10.1. The standard InChI is InChI=1S/C16H17NO3/c1-3-20-14-7-5-13(6-8-14)17-16(19)12-4-9-15(18)11(2)10-12/h4-10,18H,3H2,1-2H3,(H,17,19). The van der Waals surface area contributed by atoms with Crippen molar-refractivity contribution in [3.05, 3.63) is 53.6 Å². The number of aryl methyl sites for hydroxylation is 1. The van der Waals surface area contributed by atoms with E-state index in [1.807, 2.05) is 6.92 Å². The predicted molar refractivity (Wildman–Crippen MR) is 78.4 cm³/mol. The first-order valence-electron chi connectivity index (χ1n) is 6.44. The Labute approximate surface area is 118 Å². The number of carbonyl (C=O) groups is 1. The van der Waals surface area contributed by atoms with Crippen molar-refractivity contribution in [3.8, 4) is 11.5 Å². The molecule has 0 saturated heterocycles. The van der Waals surface area contributed by atoms with Crippen LogP contribution >= 0.6 is 0 Å². The average Bonchev–Trinajstić information content (AvgIpc) is 2.44. The second kappa shape index (κ2) is 6.10. The summed E-state index contributed by atoms with van der Waals surface area (Å²) < 4.78 is 5.34. The van der Waals surface area contributed by atoms with Crippen molar-refractivity contribution in [2.75, 3.05) is 11.9 Å². The highest BCUT2D eigenvalue weighted by Gasteiger charge is 2.08. The highest BCUT2D eigenvalue weighted by Crippen LogP contribution is 2.19. The number of carbonyl (C=O) groups excluding carboxylic acids is 1. The number of rotatable bonds is 4. The van der Waals surface area contributed by atoms with E-state index in [9.17, 15) is 9.90 Å². The van der Waals surface area contributed by atoms with Gasteiger partial charge in [-0.05, 0) is 61.9 Å². The Kier molecular flexibility index (Phi) is 4.25. The zero-order valence-electron chi connectivity index (χ0n) is 11.5. The third-order valence-corrected chi connectivity index (χ3v) is 2.88. The Bertz CT molecular complexity index is 606. The number of anilines is 1. The molecule has 2 aromatic rings. The minimum absolute atomic E-state index is 0.183. The SMILES string of the molecule is CCOc1ccc(NC(=O)c2ccc(O)c(C)c2)cc1. The molecule has 2 rings (SSSR count). The van der Waals surface area contributed by atoms with Gasteiger partial charge in [-0.25, -0.2) is 0 Å². The van der Waals surface area contributed by atoms with Crippen LogP contribution in [0.1, 0.15) is 22.8 Å². The van der Waals surface area contributed by atoms with Gasteiger partial charge >= 0.3 is 0 Å². The molecular formula is C16H17NO3. The second-order valence-electron chi connectivity index (χ2n) is 4.41. The molecule has 104 valence electrons. The molecule has 0 atom stereocenters. The van der Waals surface area contributed by atoms with Crippen molar-refractivity contribution in [1.82, 2.24) is 0 Å². The monoisotopic (exact) mass is 271 g/mol. The lowest BCUT2D eigenvalue weighted by Gasteiger charge is -2.08. The van der Waals surface area contributed by atoms with Crippen LogP contribution in [0.3, 0.4) is 0 Å². The van der Waals surface area contributed by atoms with Gasteiger partial charge in [0.05, 0.1) is 6.61 Å². The molecule has 2 N–H and O–H groups in total. The minimum Gasteiger partial charge on any atom is -0.508 e. The van der Waals surface area contributed by atoms with Gasteiger partial charge in [0, 0.05) is 11.3 Å². The molecule has 0 saturated carbocycles. The summed E-state index contributed by atoms with van der Waals surface area (Å²) in [6, 6.07) is 11.9. The number of ether oxygens (including phenoxy) is 1. The van der Waals surface area contributed by atoms with Crippen molar-refractivity contribution < 1.29 is 14.6 Å². The Morgan fingerprint density at radius 3 is 2.50 bits per heavy atom. The number of aromatic hydroxyl groups is 1. The van der Waals surface area contributed by atoms with Crippen LogP contribution in [-0.4, -0.2) is 17.6 Å². The van der Waals surface area contributed by atoms with E-state index in [-0.39, 0.29) is 11.7 Å². The highest BCUT2D eigenvalue weighted by molar-refractivity contribution is 6.04. The van der Waals surface area contributed by atoms with Crippen molar-refractivity contribution >= 4 is 11.6 Å². The quantitative estimate of drug-likeness (QED) is 0.896. The van der Waals surface area contributed by atoms with Crippen LogP contribution in [0, 0.1) is 6.92 Å². The van der Waals surface area contributed by atoms with Crippen LogP contribution in [0.15, 0.2) is 42.5 Å². The molecule has 0 bridgehead atoms. The fourth-order valence-electron chi connectivity index (χ4n) is 1.80. The third kappa shape index (κ3) is 3.29. The van der Waals surface area contributed by atoms with Crippen molar-refractivity contribution in [2.45, 2.75) is 13.8 Å². The fourth-order valence-corrected chi connectivity index (χ4v) is 1.80. The number of nitrogens with one attached hydrogen (secondary N) is 1. The zero-order chi connectivity index (χ0) is 14.5. The van der Waals surface area contributed by atoms with E-state index in [1.54, 1.807) is 43.3 Å². The molecule has 0 aliphatic rings. The predicted octanol–water partition coefficient (Wildman–Crippen LogP) is 3.35. The molecule has 0 fully saturated rings. The van der Waals surface area contributed by atoms with Crippen LogP contribution < -0.4 is 10.1 Å². The number of amides is 1. The summed E-state index contributed by atoms with van der Waals surface area (Å²) in [5, 5.41) is 12.2. The zero-order valence-corrected chi connectivity index (χ0v) is 11.5. The average molecular weight is 271 g/mol. The summed E-state index contributed by atoms with van der Waals surface area (Å²) in [5.41, 5.74) is 1.88. The maximum atomic E-state index is 12.1. The van der Waals surface area contributed by atoms with E-state index in [4.69, 9.17) is 4.74 Å². The maximum Gasteiger partial charge on any atom is 0.255 e. The molecule has 0 heterocycles. The van der Waals surface area contributed by atoms with Gasteiger partial charge in [0.15, 0.2) is 0 Å². The van der Waals surface area contributed by atoms with Crippen molar-refractivity contribution in [1.29, 1.82) is 0 Å². The highest BCUT2D eigenvalue weighted by atomic mass is 16.5. The Morgan fingerprint density at radius 2 is 1.90 bits per heavy atom. The van der Waals surface area contributed by atoms with Crippen LogP contribution in [0.2, 0.25) is 0 Å². The van der Waals surface area contributed by atoms with Gasteiger partial charge in [-0.2, -0.15) is 0 Å². The molecule has 0 aliphatic carbocycles. The first-order chi connectivity index (χ1) is 9.60. The smallest absolute Gasteiger partial charge is 0.255 e. The minimum atomic E-state index is -0.211. The fraction of sp³-hybridized carbons (Fsp3) is 0.188. The summed E-state index contributed by atoms with van der Waals surface area (Å²) >= 11 is 0. The van der Waals surface area contributed by atoms with Gasteiger partial charge in [0.1, 0.15) is 11.5 Å². The lowest BCUT2D eigenvalue weighted by Crippen LogP contribution is -2.11. The van der Waals surface area contributed by atoms with E-state index in [0.29, 0.717) is 23.4 Å². The Hall–Kier alpha value is -2.49. The summed E-state index contributed by atoms with van der Waals surface area (Å²) in [6.07, 6.45) is 0. The topological polar surface area (TPSA) is 58.6 Å². The molecule has 0 spiro atoms. The molecule has 4 heteroatoms. The van der Waals surface area contributed by atoms with Crippen LogP contribution in [0.4, 0.5) is 5.69 Å². The van der Waals surface area contributed by atoms with E-state index in [0.717, 1.165) is 5.75 Å². The first-order valence-corrected chi connectivity index (χ1v) is 6.44. The van der Waals surface area contributed by atoms with Crippen LogP contribution in [0.25, 0.3) is 0 Å². The van der Waals surface area contributed by atoms with Crippen molar-refractivity contribution in [2.24, 2.45) is 0 Å². The summed E-state index contributed by atoms with van der Waals surface area (Å²) in [5.74, 6) is 0.742.